The molecule has 0 saturated heterocycles. The monoisotopic (exact) mass is 401 g/mol. The van der Waals surface area contributed by atoms with Crippen molar-refractivity contribution < 1.29 is 4.43 Å². The highest BCUT2D eigenvalue weighted by Gasteiger charge is 2.39. The average molecular weight is 402 g/mol. The lowest BCUT2D eigenvalue weighted by molar-refractivity contribution is 0.0560. The molecule has 1 unspecified atom stereocenters. The second kappa shape index (κ2) is 7.90. The van der Waals surface area contributed by atoms with Crippen LogP contribution in [0, 0.1) is 0 Å². The van der Waals surface area contributed by atoms with Gasteiger partial charge in [-0.05, 0) is 46.2 Å². The molecule has 0 bridgehead atoms. The van der Waals surface area contributed by atoms with E-state index in [4.69, 9.17) is 10.2 Å². The lowest BCUT2D eigenvalue weighted by Crippen LogP contribution is -2.55. The van der Waals surface area contributed by atoms with Crippen molar-refractivity contribution in [2.45, 2.75) is 51.2 Å². The molecule has 2 N–H and O–H groups in total. The predicted octanol–water partition coefficient (Wildman–Crippen LogP) is 3.99. The first kappa shape index (κ1) is 20.1. The van der Waals surface area contributed by atoms with Crippen LogP contribution in [-0.4, -0.2) is 9.04 Å². The van der Waals surface area contributed by atoms with Crippen LogP contribution in [0.3, 0.4) is 0 Å². The summed E-state index contributed by atoms with van der Waals surface area (Å²) in [5, 5.41) is 2.53. The molecule has 0 spiro atoms. The Morgan fingerprint density at radius 2 is 1.41 bits per heavy atom. The van der Waals surface area contributed by atoms with Crippen LogP contribution in [-0.2, 0) is 22.0 Å². The lowest BCUT2D eigenvalue weighted by Gasteiger charge is -2.40. The first-order chi connectivity index (χ1) is 13.9. The summed E-state index contributed by atoms with van der Waals surface area (Å²) in [7, 11) is -1.93. The number of rotatable bonds is 4. The molecule has 29 heavy (non-hydrogen) atoms. The zero-order valence-corrected chi connectivity index (χ0v) is 18.8. The predicted molar refractivity (Wildman–Crippen MR) is 124 cm³/mol. The van der Waals surface area contributed by atoms with Gasteiger partial charge in [0.05, 0.1) is 0 Å². The second-order valence-electron chi connectivity index (χ2n) is 9.14. The third-order valence-corrected chi connectivity index (χ3v) is 8.58. The van der Waals surface area contributed by atoms with Crippen LogP contribution >= 0.6 is 0 Å². The smallest absolute Gasteiger partial charge is 0.242 e. The lowest BCUT2D eigenvalue weighted by atomic mass is 9.75. The van der Waals surface area contributed by atoms with Gasteiger partial charge in [-0.1, -0.05) is 99.6 Å². The Labute approximate surface area is 176 Å². The molecule has 1 aliphatic carbocycles. The molecule has 1 atom stereocenters. The van der Waals surface area contributed by atoms with Crippen molar-refractivity contribution in [2.75, 3.05) is 0 Å². The molecule has 150 valence electrons. The molecular formula is C26H31NOSi. The topological polar surface area (TPSA) is 35.2 Å². The van der Waals surface area contributed by atoms with Crippen LogP contribution in [0.2, 0.25) is 0 Å². The number of hydrogen-bond donors (Lipinski definition) is 1. The summed E-state index contributed by atoms with van der Waals surface area (Å²) >= 11 is 0. The average Bonchev–Trinajstić information content (AvgIpc) is 2.73. The van der Waals surface area contributed by atoms with Crippen molar-refractivity contribution in [3.05, 3.63) is 95.6 Å². The standard InChI is InChI=1S/C26H31NOSi/c1-25(2,3)23-17-10-18-24-22(23)16-11-19-26(24,27)28-29(20-12-6-4-7-13-20)21-14-8-5-9-15-21/h4-10,12-15,17-18,29H,11,16,19,27H2,1-3H3. The Bertz CT molecular complexity index is 926. The van der Waals surface area contributed by atoms with Gasteiger partial charge in [0.25, 0.3) is 0 Å². The maximum atomic E-state index is 7.07. The van der Waals surface area contributed by atoms with Crippen LogP contribution in [0.15, 0.2) is 78.9 Å². The number of nitrogens with two attached hydrogens (primary N) is 1. The van der Waals surface area contributed by atoms with Gasteiger partial charge in [-0.25, -0.2) is 0 Å². The minimum Gasteiger partial charge on any atom is -0.390 e. The van der Waals surface area contributed by atoms with Gasteiger partial charge in [-0.3, -0.25) is 0 Å². The highest BCUT2D eigenvalue weighted by Crippen LogP contribution is 2.39. The zero-order valence-electron chi connectivity index (χ0n) is 17.7. The highest BCUT2D eigenvalue weighted by atomic mass is 28.3. The van der Waals surface area contributed by atoms with Gasteiger partial charge in [-0.2, -0.15) is 0 Å². The van der Waals surface area contributed by atoms with E-state index in [0.29, 0.717) is 0 Å². The normalized spacial score (nSPS) is 19.2. The first-order valence-corrected chi connectivity index (χ1v) is 12.2. The van der Waals surface area contributed by atoms with Gasteiger partial charge < -0.3 is 10.2 Å². The van der Waals surface area contributed by atoms with Crippen LogP contribution in [0.1, 0.15) is 50.3 Å². The molecule has 0 heterocycles. The van der Waals surface area contributed by atoms with Crippen molar-refractivity contribution in [3.63, 3.8) is 0 Å². The molecule has 2 nitrogen and oxygen atoms in total. The SMILES string of the molecule is CC(C)(C)c1cccc2c1CCCC2(N)O[SiH](c1ccccc1)c1ccccc1. The Hall–Kier alpha value is -2.20. The van der Waals surface area contributed by atoms with E-state index in [-0.39, 0.29) is 5.41 Å². The number of benzene rings is 3. The minimum atomic E-state index is -1.93. The van der Waals surface area contributed by atoms with E-state index in [0.717, 1.165) is 19.3 Å². The molecule has 0 radical (unpaired) electrons. The quantitative estimate of drug-likeness (QED) is 0.530. The Balaban J connectivity index is 1.78. The van der Waals surface area contributed by atoms with Crippen molar-refractivity contribution in [1.82, 2.24) is 0 Å². The maximum Gasteiger partial charge on any atom is 0.242 e. The van der Waals surface area contributed by atoms with Crippen molar-refractivity contribution >= 4 is 19.4 Å². The summed E-state index contributed by atoms with van der Waals surface area (Å²) in [5.41, 5.74) is 10.4. The largest absolute Gasteiger partial charge is 0.390 e. The summed E-state index contributed by atoms with van der Waals surface area (Å²) in [6.45, 7) is 6.84. The summed E-state index contributed by atoms with van der Waals surface area (Å²) < 4.78 is 6.96. The van der Waals surface area contributed by atoms with Gasteiger partial charge >= 0.3 is 0 Å². The molecule has 1 aliphatic rings. The van der Waals surface area contributed by atoms with Gasteiger partial charge in [-0.15, -0.1) is 0 Å². The molecule has 0 aromatic heterocycles. The molecular weight excluding hydrogens is 370 g/mol. The van der Waals surface area contributed by atoms with Crippen LogP contribution in [0.25, 0.3) is 0 Å². The van der Waals surface area contributed by atoms with Gasteiger partial charge in [0.2, 0.25) is 9.04 Å². The Morgan fingerprint density at radius 1 is 0.828 bits per heavy atom. The third-order valence-electron chi connectivity index (χ3n) is 5.95. The fraction of sp³-hybridized carbons (Fsp3) is 0.308. The summed E-state index contributed by atoms with van der Waals surface area (Å²) in [5.74, 6) is 0. The molecule has 4 rings (SSSR count). The third kappa shape index (κ3) is 4.09. The van der Waals surface area contributed by atoms with Crippen molar-refractivity contribution in [1.29, 1.82) is 0 Å². The molecule has 0 aliphatic heterocycles. The molecule has 3 aromatic rings. The zero-order chi connectivity index (χ0) is 20.5. The molecule has 0 amide bonds. The van der Waals surface area contributed by atoms with E-state index >= 15 is 0 Å². The number of fused-ring (bicyclic) bond motifs is 1. The summed E-state index contributed by atoms with van der Waals surface area (Å²) in [4.78, 5) is 0. The van der Waals surface area contributed by atoms with E-state index < -0.39 is 14.8 Å². The highest BCUT2D eigenvalue weighted by molar-refractivity contribution is 6.80. The molecule has 0 fully saturated rings. The fourth-order valence-corrected chi connectivity index (χ4v) is 7.00. The van der Waals surface area contributed by atoms with E-state index in [9.17, 15) is 0 Å². The van der Waals surface area contributed by atoms with Gasteiger partial charge in [0.1, 0.15) is 5.72 Å². The minimum absolute atomic E-state index is 0.0965. The summed E-state index contributed by atoms with van der Waals surface area (Å²) in [6.07, 6.45) is 2.99. The maximum absolute atomic E-state index is 7.07. The molecule has 3 heteroatoms. The van der Waals surface area contributed by atoms with E-state index in [2.05, 4.69) is 99.6 Å². The first-order valence-electron chi connectivity index (χ1n) is 10.6. The van der Waals surface area contributed by atoms with E-state index in [1.54, 1.807) is 0 Å². The van der Waals surface area contributed by atoms with E-state index in [1.165, 1.54) is 27.1 Å². The van der Waals surface area contributed by atoms with Gasteiger partial charge in [0, 0.05) is 5.56 Å². The van der Waals surface area contributed by atoms with Crippen molar-refractivity contribution in [2.24, 2.45) is 5.73 Å². The fourth-order valence-electron chi connectivity index (χ4n) is 4.53. The van der Waals surface area contributed by atoms with Crippen molar-refractivity contribution in [3.8, 4) is 0 Å². The van der Waals surface area contributed by atoms with Crippen LogP contribution in [0.4, 0.5) is 0 Å². The summed E-state index contributed by atoms with van der Waals surface area (Å²) in [6, 6.07) is 27.8. The van der Waals surface area contributed by atoms with Crippen LogP contribution in [0.5, 0.6) is 0 Å². The molecule has 0 saturated carbocycles. The number of hydrogen-bond acceptors (Lipinski definition) is 2. The second-order valence-corrected chi connectivity index (χ2v) is 11.5. The van der Waals surface area contributed by atoms with E-state index in [1.807, 2.05) is 0 Å². The Morgan fingerprint density at radius 3 is 1.97 bits per heavy atom. The Kier molecular flexibility index (Phi) is 5.47. The van der Waals surface area contributed by atoms with Gasteiger partial charge in [0.15, 0.2) is 0 Å². The van der Waals surface area contributed by atoms with Crippen LogP contribution < -0.4 is 16.1 Å². The molecule has 3 aromatic carbocycles.